The first-order chi connectivity index (χ1) is 8.16. The molecule has 1 amide bonds. The normalized spacial score (nSPS) is 16.1. The van der Waals surface area contributed by atoms with Crippen LogP contribution in [-0.4, -0.2) is 16.5 Å². The van der Waals surface area contributed by atoms with Gasteiger partial charge in [-0.25, -0.2) is 0 Å². The van der Waals surface area contributed by atoms with Gasteiger partial charge in [0.2, 0.25) is 5.91 Å². The van der Waals surface area contributed by atoms with Crippen LogP contribution < -0.4 is 10.9 Å². The molecule has 92 valence electrons. The number of nitrogens with one attached hydrogen (secondary N) is 1. The van der Waals surface area contributed by atoms with Crippen molar-refractivity contribution in [1.82, 2.24) is 9.88 Å². The van der Waals surface area contributed by atoms with Gasteiger partial charge >= 0.3 is 0 Å². The summed E-state index contributed by atoms with van der Waals surface area (Å²) in [5, 5.41) is 2.97. The van der Waals surface area contributed by atoms with Crippen molar-refractivity contribution >= 4 is 28.5 Å². The number of nitrogens with zero attached hydrogens (tertiary/aromatic N) is 1. The van der Waals surface area contributed by atoms with Gasteiger partial charge in [-0.05, 0) is 47.6 Å². The Morgan fingerprint density at radius 1 is 1.47 bits per heavy atom. The summed E-state index contributed by atoms with van der Waals surface area (Å²) >= 11 is 1.98. The smallest absolute Gasteiger partial charge is 0.264 e. The van der Waals surface area contributed by atoms with Gasteiger partial charge in [-0.15, -0.1) is 0 Å². The zero-order chi connectivity index (χ0) is 12.3. The second-order valence-corrected chi connectivity index (χ2v) is 5.50. The quantitative estimate of drug-likeness (QED) is 0.844. The third-order valence-corrected chi connectivity index (χ3v) is 3.83. The van der Waals surface area contributed by atoms with Crippen molar-refractivity contribution < 1.29 is 4.79 Å². The maximum Gasteiger partial charge on any atom is 0.264 e. The summed E-state index contributed by atoms with van der Waals surface area (Å²) in [5.74, 6) is -0.0685. The van der Waals surface area contributed by atoms with E-state index < -0.39 is 0 Å². The molecule has 1 aliphatic carbocycles. The number of rotatable bonds is 3. The van der Waals surface area contributed by atoms with Crippen LogP contribution in [0.15, 0.2) is 23.1 Å². The topological polar surface area (TPSA) is 51.1 Å². The van der Waals surface area contributed by atoms with E-state index in [2.05, 4.69) is 5.32 Å². The van der Waals surface area contributed by atoms with Crippen molar-refractivity contribution in [2.24, 2.45) is 0 Å². The summed E-state index contributed by atoms with van der Waals surface area (Å²) in [5.41, 5.74) is -0.102. The Kier molecular flexibility index (Phi) is 4.20. The van der Waals surface area contributed by atoms with Crippen molar-refractivity contribution in [2.75, 3.05) is 0 Å². The summed E-state index contributed by atoms with van der Waals surface area (Å²) in [6.45, 7) is 0.117. The Labute approximate surface area is 114 Å². The second kappa shape index (κ2) is 5.66. The van der Waals surface area contributed by atoms with Crippen molar-refractivity contribution in [3.8, 4) is 0 Å². The number of aromatic nitrogens is 1. The third-order valence-electron chi connectivity index (χ3n) is 3.01. The lowest BCUT2D eigenvalue weighted by Gasteiger charge is -2.12. The average molecular weight is 346 g/mol. The standard InChI is InChI=1S/C12H15IN2O2/c13-10-6-3-7-15(12(10)17)8-11(16)14-9-4-1-2-5-9/h3,6-7,9H,1-2,4-5,8H2,(H,14,16). The van der Waals surface area contributed by atoms with Gasteiger partial charge in [-0.3, -0.25) is 9.59 Å². The van der Waals surface area contributed by atoms with Crippen LogP contribution in [0, 0.1) is 3.57 Å². The summed E-state index contributed by atoms with van der Waals surface area (Å²) in [6.07, 6.45) is 6.15. The fourth-order valence-electron chi connectivity index (χ4n) is 2.13. The molecule has 1 heterocycles. The van der Waals surface area contributed by atoms with Crippen LogP contribution in [0.1, 0.15) is 25.7 Å². The molecule has 1 aromatic rings. The minimum atomic E-state index is -0.102. The van der Waals surface area contributed by atoms with Crippen molar-refractivity contribution in [3.63, 3.8) is 0 Å². The minimum absolute atomic E-state index is 0.0685. The zero-order valence-electron chi connectivity index (χ0n) is 9.49. The molecule has 1 aromatic heterocycles. The molecule has 0 radical (unpaired) electrons. The van der Waals surface area contributed by atoms with Gasteiger partial charge in [0.15, 0.2) is 0 Å². The molecule has 1 saturated carbocycles. The van der Waals surface area contributed by atoms with Crippen LogP contribution in [0.3, 0.4) is 0 Å². The Bertz CT molecular complexity index is 464. The predicted octanol–water partition coefficient (Wildman–Crippen LogP) is 1.51. The minimum Gasteiger partial charge on any atom is -0.352 e. The van der Waals surface area contributed by atoms with Gasteiger partial charge in [0.05, 0.1) is 3.57 Å². The molecule has 1 aliphatic rings. The van der Waals surface area contributed by atoms with Gasteiger partial charge in [0.25, 0.3) is 5.56 Å². The lowest BCUT2D eigenvalue weighted by molar-refractivity contribution is -0.122. The summed E-state index contributed by atoms with van der Waals surface area (Å²) in [4.78, 5) is 23.5. The van der Waals surface area contributed by atoms with Gasteiger partial charge in [-0.1, -0.05) is 12.8 Å². The van der Waals surface area contributed by atoms with Crippen LogP contribution in [0.2, 0.25) is 0 Å². The van der Waals surface area contributed by atoms with E-state index in [4.69, 9.17) is 0 Å². The molecular weight excluding hydrogens is 331 g/mol. The first kappa shape index (κ1) is 12.6. The first-order valence-electron chi connectivity index (χ1n) is 5.81. The molecular formula is C12H15IN2O2. The fourth-order valence-corrected chi connectivity index (χ4v) is 2.65. The second-order valence-electron chi connectivity index (χ2n) is 4.34. The van der Waals surface area contributed by atoms with Crippen LogP contribution in [0.5, 0.6) is 0 Å². The van der Waals surface area contributed by atoms with E-state index >= 15 is 0 Å². The lowest BCUT2D eigenvalue weighted by atomic mass is 10.2. The monoisotopic (exact) mass is 346 g/mol. The van der Waals surface area contributed by atoms with Crippen molar-refractivity contribution in [2.45, 2.75) is 38.3 Å². The molecule has 1 fully saturated rings. The van der Waals surface area contributed by atoms with E-state index in [0.29, 0.717) is 9.61 Å². The Hall–Kier alpha value is -0.850. The number of carbonyl (C=O) groups excluding carboxylic acids is 1. The largest absolute Gasteiger partial charge is 0.352 e. The number of halogens is 1. The SMILES string of the molecule is O=C(Cn1cccc(I)c1=O)NC1CCCC1. The number of carbonyl (C=O) groups is 1. The van der Waals surface area contributed by atoms with Crippen LogP contribution in [0.25, 0.3) is 0 Å². The molecule has 0 unspecified atom stereocenters. The van der Waals surface area contributed by atoms with E-state index in [-0.39, 0.29) is 18.0 Å². The highest BCUT2D eigenvalue weighted by Crippen LogP contribution is 2.17. The number of amides is 1. The Morgan fingerprint density at radius 3 is 2.88 bits per heavy atom. The number of pyridine rings is 1. The van der Waals surface area contributed by atoms with Crippen LogP contribution in [0.4, 0.5) is 0 Å². The van der Waals surface area contributed by atoms with E-state index in [0.717, 1.165) is 12.8 Å². The molecule has 17 heavy (non-hydrogen) atoms. The van der Waals surface area contributed by atoms with Crippen LogP contribution >= 0.6 is 22.6 Å². The molecule has 0 saturated heterocycles. The lowest BCUT2D eigenvalue weighted by Crippen LogP contribution is -2.37. The molecule has 0 aromatic carbocycles. The molecule has 4 nitrogen and oxygen atoms in total. The van der Waals surface area contributed by atoms with E-state index in [1.807, 2.05) is 22.6 Å². The van der Waals surface area contributed by atoms with Gasteiger partial charge in [0, 0.05) is 12.2 Å². The third kappa shape index (κ3) is 3.31. The van der Waals surface area contributed by atoms with Crippen molar-refractivity contribution in [3.05, 3.63) is 32.3 Å². The highest BCUT2D eigenvalue weighted by Gasteiger charge is 2.17. The number of hydrogen-bond donors (Lipinski definition) is 1. The fraction of sp³-hybridized carbons (Fsp3) is 0.500. The van der Waals surface area contributed by atoms with Crippen LogP contribution in [-0.2, 0) is 11.3 Å². The van der Waals surface area contributed by atoms with Gasteiger partial charge in [-0.2, -0.15) is 0 Å². The molecule has 0 bridgehead atoms. The molecule has 2 rings (SSSR count). The molecule has 0 atom stereocenters. The highest BCUT2D eigenvalue weighted by molar-refractivity contribution is 14.1. The molecule has 1 N–H and O–H groups in total. The molecule has 5 heteroatoms. The van der Waals surface area contributed by atoms with E-state index in [1.165, 1.54) is 17.4 Å². The molecule has 0 aliphatic heterocycles. The summed E-state index contributed by atoms with van der Waals surface area (Å²) in [6, 6.07) is 3.83. The summed E-state index contributed by atoms with van der Waals surface area (Å²) in [7, 11) is 0. The maximum atomic E-state index is 11.8. The van der Waals surface area contributed by atoms with E-state index in [9.17, 15) is 9.59 Å². The molecule has 0 spiro atoms. The zero-order valence-corrected chi connectivity index (χ0v) is 11.6. The predicted molar refractivity (Wildman–Crippen MR) is 73.8 cm³/mol. The maximum absolute atomic E-state index is 11.8. The highest BCUT2D eigenvalue weighted by atomic mass is 127. The first-order valence-corrected chi connectivity index (χ1v) is 6.89. The Morgan fingerprint density at radius 2 is 2.18 bits per heavy atom. The van der Waals surface area contributed by atoms with E-state index in [1.54, 1.807) is 18.3 Å². The number of hydrogen-bond acceptors (Lipinski definition) is 2. The van der Waals surface area contributed by atoms with Gasteiger partial charge in [0.1, 0.15) is 6.54 Å². The average Bonchev–Trinajstić information content (AvgIpc) is 2.77. The summed E-state index contributed by atoms with van der Waals surface area (Å²) < 4.78 is 2.09. The Balaban J connectivity index is 1.98. The van der Waals surface area contributed by atoms with Crippen molar-refractivity contribution in [1.29, 1.82) is 0 Å². The van der Waals surface area contributed by atoms with Gasteiger partial charge < -0.3 is 9.88 Å².